The van der Waals surface area contributed by atoms with E-state index in [2.05, 4.69) is 15.6 Å². The summed E-state index contributed by atoms with van der Waals surface area (Å²) in [5.74, 6) is 0.748. The fourth-order valence-electron chi connectivity index (χ4n) is 3.37. The molecule has 0 spiro atoms. The van der Waals surface area contributed by atoms with E-state index in [1.54, 1.807) is 0 Å². The first-order valence-corrected chi connectivity index (χ1v) is 9.67. The second-order valence-electron chi connectivity index (χ2n) is 7.53. The van der Waals surface area contributed by atoms with Gasteiger partial charge in [-0.2, -0.15) is 0 Å². The normalized spacial score (nSPS) is 14.8. The van der Waals surface area contributed by atoms with Crippen LogP contribution >= 0.6 is 0 Å². The first-order chi connectivity index (χ1) is 13.5. The van der Waals surface area contributed by atoms with Gasteiger partial charge in [-0.05, 0) is 44.4 Å². The van der Waals surface area contributed by atoms with E-state index in [4.69, 9.17) is 0 Å². The highest BCUT2D eigenvalue weighted by Crippen LogP contribution is 2.40. The van der Waals surface area contributed by atoms with Gasteiger partial charge >= 0.3 is 0 Å². The Morgan fingerprint density at radius 2 is 1.75 bits per heavy atom. The van der Waals surface area contributed by atoms with Crippen LogP contribution in [-0.4, -0.2) is 27.2 Å². The molecule has 1 fully saturated rings. The number of carbonyl (C=O) groups excluding carboxylic acids is 2. The van der Waals surface area contributed by atoms with E-state index in [-0.39, 0.29) is 17.9 Å². The third-order valence-electron chi connectivity index (χ3n) is 4.83. The minimum atomic E-state index is -0.777. The topological polar surface area (TPSA) is 75.5 Å². The van der Waals surface area contributed by atoms with Gasteiger partial charge in [0.2, 0.25) is 5.91 Å². The molecule has 2 heterocycles. The Balaban J connectivity index is 1.66. The number of pyridine rings is 1. The number of nitrogens with zero attached hydrogens (tertiary/aromatic N) is 2. The third-order valence-corrected chi connectivity index (χ3v) is 4.83. The van der Waals surface area contributed by atoms with Gasteiger partial charge in [-0.1, -0.05) is 36.4 Å². The standard InChI is InChI=1S/C22H24N4O2/c1-14(2)23-21(27)18(15-8-4-3-5-9-15)25-22(28)19-17-10-6-7-13-26(17)20(24-19)16-11-12-16/h3-10,13-14,16,18H,11-12H2,1-2H3,(H,23,27)(H,25,28). The molecular weight excluding hydrogens is 352 g/mol. The molecule has 144 valence electrons. The molecule has 1 aromatic carbocycles. The number of aromatic nitrogens is 2. The number of amides is 2. The largest absolute Gasteiger partial charge is 0.352 e. The second kappa shape index (κ2) is 7.46. The lowest BCUT2D eigenvalue weighted by molar-refractivity contribution is -0.123. The van der Waals surface area contributed by atoms with Crippen LogP contribution in [-0.2, 0) is 4.79 Å². The number of carbonyl (C=O) groups is 2. The molecule has 2 N–H and O–H groups in total. The quantitative estimate of drug-likeness (QED) is 0.694. The molecule has 6 heteroatoms. The van der Waals surface area contributed by atoms with Crippen LogP contribution in [0.3, 0.4) is 0 Å². The van der Waals surface area contributed by atoms with Crippen LogP contribution in [0.1, 0.15) is 60.5 Å². The van der Waals surface area contributed by atoms with Crippen LogP contribution in [0.2, 0.25) is 0 Å². The van der Waals surface area contributed by atoms with Gasteiger partial charge in [-0.25, -0.2) is 4.98 Å². The van der Waals surface area contributed by atoms with Crippen molar-refractivity contribution in [3.63, 3.8) is 0 Å². The average molecular weight is 376 g/mol. The number of hydrogen-bond acceptors (Lipinski definition) is 3. The number of benzene rings is 1. The highest BCUT2D eigenvalue weighted by molar-refractivity contribution is 6.01. The summed E-state index contributed by atoms with van der Waals surface area (Å²) in [4.78, 5) is 30.5. The Hall–Kier alpha value is -3.15. The first-order valence-electron chi connectivity index (χ1n) is 9.67. The molecule has 1 aliphatic rings. The van der Waals surface area contributed by atoms with Crippen molar-refractivity contribution in [2.75, 3.05) is 0 Å². The van der Waals surface area contributed by atoms with Crippen molar-refractivity contribution < 1.29 is 9.59 Å². The molecule has 1 unspecified atom stereocenters. The zero-order chi connectivity index (χ0) is 19.7. The summed E-state index contributed by atoms with van der Waals surface area (Å²) in [5.41, 5.74) is 1.86. The van der Waals surface area contributed by atoms with Crippen LogP contribution in [0.25, 0.3) is 5.52 Å². The smallest absolute Gasteiger partial charge is 0.273 e. The van der Waals surface area contributed by atoms with Gasteiger partial charge in [-0.15, -0.1) is 0 Å². The highest BCUT2D eigenvalue weighted by Gasteiger charge is 2.31. The van der Waals surface area contributed by atoms with Crippen LogP contribution < -0.4 is 10.6 Å². The molecule has 3 aromatic rings. The molecule has 6 nitrogen and oxygen atoms in total. The summed E-state index contributed by atoms with van der Waals surface area (Å²) < 4.78 is 1.98. The molecule has 1 saturated carbocycles. The molecule has 1 atom stereocenters. The Kier molecular flexibility index (Phi) is 4.86. The molecule has 0 saturated heterocycles. The fourth-order valence-corrected chi connectivity index (χ4v) is 3.37. The molecule has 2 aromatic heterocycles. The van der Waals surface area contributed by atoms with Crippen molar-refractivity contribution in [3.05, 3.63) is 71.8 Å². The van der Waals surface area contributed by atoms with Gasteiger partial charge in [0.15, 0.2) is 5.69 Å². The lowest BCUT2D eigenvalue weighted by Gasteiger charge is -2.20. The summed E-state index contributed by atoms with van der Waals surface area (Å²) in [7, 11) is 0. The van der Waals surface area contributed by atoms with Crippen molar-refractivity contribution >= 4 is 17.3 Å². The summed E-state index contributed by atoms with van der Waals surface area (Å²) >= 11 is 0. The van der Waals surface area contributed by atoms with Crippen LogP contribution in [0.4, 0.5) is 0 Å². The van der Waals surface area contributed by atoms with E-state index in [9.17, 15) is 9.59 Å². The molecule has 1 aliphatic carbocycles. The van der Waals surface area contributed by atoms with Crippen molar-refractivity contribution in [1.29, 1.82) is 0 Å². The van der Waals surface area contributed by atoms with E-state index < -0.39 is 6.04 Å². The lowest BCUT2D eigenvalue weighted by Crippen LogP contribution is -2.42. The molecule has 28 heavy (non-hydrogen) atoms. The summed E-state index contributed by atoms with van der Waals surface area (Å²) in [6.07, 6.45) is 4.13. The Morgan fingerprint density at radius 3 is 2.43 bits per heavy atom. The summed E-state index contributed by atoms with van der Waals surface area (Å²) in [5, 5.41) is 5.78. The van der Waals surface area contributed by atoms with E-state index in [0.717, 1.165) is 29.7 Å². The van der Waals surface area contributed by atoms with E-state index in [1.165, 1.54) is 0 Å². The van der Waals surface area contributed by atoms with E-state index >= 15 is 0 Å². The van der Waals surface area contributed by atoms with Gasteiger partial charge in [-0.3, -0.25) is 9.59 Å². The molecular formula is C22H24N4O2. The first kappa shape index (κ1) is 18.2. The number of rotatable bonds is 6. The summed E-state index contributed by atoms with van der Waals surface area (Å²) in [6.45, 7) is 3.79. The van der Waals surface area contributed by atoms with Crippen molar-refractivity contribution in [2.24, 2.45) is 0 Å². The van der Waals surface area contributed by atoms with Crippen molar-refractivity contribution in [1.82, 2.24) is 20.0 Å². The van der Waals surface area contributed by atoms with Gasteiger partial charge < -0.3 is 15.0 Å². The van der Waals surface area contributed by atoms with Gasteiger partial charge in [0, 0.05) is 18.2 Å². The van der Waals surface area contributed by atoms with Crippen LogP contribution in [0.5, 0.6) is 0 Å². The number of hydrogen-bond donors (Lipinski definition) is 2. The maximum absolute atomic E-state index is 13.1. The maximum Gasteiger partial charge on any atom is 0.273 e. The minimum Gasteiger partial charge on any atom is -0.352 e. The highest BCUT2D eigenvalue weighted by atomic mass is 16.2. The monoisotopic (exact) mass is 376 g/mol. The predicted octanol–water partition coefficient (Wildman–Crippen LogP) is 3.21. The molecule has 4 rings (SSSR count). The third kappa shape index (κ3) is 3.63. The average Bonchev–Trinajstić information content (AvgIpc) is 3.46. The minimum absolute atomic E-state index is 0.0227. The SMILES string of the molecule is CC(C)NC(=O)C(NC(=O)c1nc(C2CC2)n2ccccc12)c1ccccc1. The maximum atomic E-state index is 13.1. The van der Waals surface area contributed by atoms with Crippen molar-refractivity contribution in [3.8, 4) is 0 Å². The number of nitrogens with one attached hydrogen (secondary N) is 2. The van der Waals surface area contributed by atoms with E-state index in [0.29, 0.717) is 11.6 Å². The summed E-state index contributed by atoms with van der Waals surface area (Å²) in [6, 6.07) is 14.2. The Bertz CT molecular complexity index is 1010. The van der Waals surface area contributed by atoms with Crippen LogP contribution in [0.15, 0.2) is 54.7 Å². The van der Waals surface area contributed by atoms with Gasteiger partial charge in [0.25, 0.3) is 5.91 Å². The van der Waals surface area contributed by atoms with Gasteiger partial charge in [0.1, 0.15) is 11.9 Å². The van der Waals surface area contributed by atoms with Crippen molar-refractivity contribution in [2.45, 2.75) is 44.7 Å². The van der Waals surface area contributed by atoms with E-state index in [1.807, 2.05) is 73.0 Å². The number of fused-ring (bicyclic) bond motifs is 1. The zero-order valence-electron chi connectivity index (χ0n) is 16.1. The fraction of sp³-hybridized carbons (Fsp3) is 0.318. The molecule has 2 amide bonds. The molecule has 0 radical (unpaired) electrons. The molecule has 0 bridgehead atoms. The van der Waals surface area contributed by atoms with Gasteiger partial charge in [0.05, 0.1) is 5.52 Å². The Labute approximate surface area is 164 Å². The lowest BCUT2D eigenvalue weighted by atomic mass is 10.1. The number of imidazole rings is 1. The Morgan fingerprint density at radius 1 is 1.04 bits per heavy atom. The zero-order valence-corrected chi connectivity index (χ0v) is 16.1. The van der Waals surface area contributed by atoms with Crippen LogP contribution in [0, 0.1) is 0 Å². The second-order valence-corrected chi connectivity index (χ2v) is 7.53. The predicted molar refractivity (Wildman–Crippen MR) is 107 cm³/mol. The molecule has 0 aliphatic heterocycles.